The average Bonchev–Trinajstić information content (AvgIpc) is 2.75. The highest BCUT2D eigenvalue weighted by Crippen LogP contribution is 2.23. The van der Waals surface area contributed by atoms with E-state index in [9.17, 15) is 4.79 Å². The van der Waals surface area contributed by atoms with E-state index in [4.69, 9.17) is 0 Å². The Labute approximate surface area is 165 Å². The topological polar surface area (TPSA) is 70.2 Å². The number of fused-ring (bicyclic) bond motifs is 1. The molecular formula is C22H25N5O. The van der Waals surface area contributed by atoms with Crippen LogP contribution in [-0.4, -0.2) is 40.5 Å². The van der Waals surface area contributed by atoms with Crippen molar-refractivity contribution >= 4 is 22.6 Å². The zero-order valence-electron chi connectivity index (χ0n) is 15.8. The number of likely N-dealkylation sites (tertiary alicyclic amines) is 1. The van der Waals surface area contributed by atoms with Crippen molar-refractivity contribution in [3.8, 4) is 0 Å². The maximum absolute atomic E-state index is 12.5. The third-order valence-corrected chi connectivity index (χ3v) is 5.20. The minimum Gasteiger partial charge on any atom is -0.336 e. The van der Waals surface area contributed by atoms with Gasteiger partial charge in [0.05, 0.1) is 23.4 Å². The van der Waals surface area contributed by atoms with Crippen LogP contribution >= 0.6 is 0 Å². The van der Waals surface area contributed by atoms with E-state index < -0.39 is 0 Å². The van der Waals surface area contributed by atoms with Gasteiger partial charge in [-0.1, -0.05) is 30.7 Å². The van der Waals surface area contributed by atoms with Gasteiger partial charge >= 0.3 is 6.03 Å². The lowest BCUT2D eigenvalue weighted by atomic mass is 10.0. The number of benzene rings is 1. The number of nitrogens with one attached hydrogen (secondary N) is 2. The number of carbonyl (C=O) groups is 1. The molecule has 1 saturated heterocycles. The second kappa shape index (κ2) is 8.80. The number of amides is 2. The number of aromatic nitrogens is 2. The minimum atomic E-state index is -0.219. The summed E-state index contributed by atoms with van der Waals surface area (Å²) in [7, 11) is 0. The van der Waals surface area contributed by atoms with Gasteiger partial charge in [-0.2, -0.15) is 0 Å². The molecule has 1 fully saturated rings. The second-order valence-corrected chi connectivity index (χ2v) is 7.15. The van der Waals surface area contributed by atoms with Crippen molar-refractivity contribution in [1.29, 1.82) is 0 Å². The Hall–Kier alpha value is -2.99. The molecule has 0 radical (unpaired) electrons. The predicted molar refractivity (Wildman–Crippen MR) is 111 cm³/mol. The summed E-state index contributed by atoms with van der Waals surface area (Å²) in [6.45, 7) is 2.65. The van der Waals surface area contributed by atoms with Crippen LogP contribution in [0.4, 0.5) is 10.5 Å². The molecule has 1 aromatic carbocycles. The van der Waals surface area contributed by atoms with E-state index in [-0.39, 0.29) is 12.1 Å². The highest BCUT2D eigenvalue weighted by Gasteiger charge is 2.23. The summed E-state index contributed by atoms with van der Waals surface area (Å²) in [6, 6.07) is 13.7. The quantitative estimate of drug-likeness (QED) is 0.708. The van der Waals surface area contributed by atoms with E-state index in [2.05, 4.69) is 31.6 Å². The smallest absolute Gasteiger partial charge is 0.319 e. The highest BCUT2D eigenvalue weighted by molar-refractivity contribution is 5.91. The zero-order valence-corrected chi connectivity index (χ0v) is 15.8. The van der Waals surface area contributed by atoms with Crippen LogP contribution < -0.4 is 10.6 Å². The van der Waals surface area contributed by atoms with Crippen LogP contribution in [0.15, 0.2) is 61.1 Å². The van der Waals surface area contributed by atoms with Gasteiger partial charge in [0.15, 0.2) is 0 Å². The molecule has 1 aliphatic heterocycles. The lowest BCUT2D eigenvalue weighted by Gasteiger charge is -2.34. The van der Waals surface area contributed by atoms with E-state index in [1.54, 1.807) is 12.4 Å². The van der Waals surface area contributed by atoms with Crippen LogP contribution in [0, 0.1) is 0 Å². The van der Waals surface area contributed by atoms with Gasteiger partial charge in [-0.25, -0.2) is 4.79 Å². The van der Waals surface area contributed by atoms with Crippen LogP contribution in [0.25, 0.3) is 10.9 Å². The number of hydrogen-bond acceptors (Lipinski definition) is 4. The maximum Gasteiger partial charge on any atom is 0.319 e. The van der Waals surface area contributed by atoms with E-state index in [0.29, 0.717) is 12.2 Å². The van der Waals surface area contributed by atoms with Crippen LogP contribution in [0.3, 0.4) is 0 Å². The second-order valence-electron chi connectivity index (χ2n) is 7.15. The first-order chi connectivity index (χ1) is 13.8. The number of hydrogen-bond donors (Lipinski definition) is 2. The monoisotopic (exact) mass is 375 g/mol. The van der Waals surface area contributed by atoms with Gasteiger partial charge in [-0.15, -0.1) is 0 Å². The van der Waals surface area contributed by atoms with Crippen molar-refractivity contribution in [2.45, 2.75) is 25.3 Å². The minimum absolute atomic E-state index is 0.134. The van der Waals surface area contributed by atoms with Crippen LogP contribution in [0.5, 0.6) is 0 Å². The number of pyridine rings is 2. The van der Waals surface area contributed by atoms with E-state index >= 15 is 0 Å². The van der Waals surface area contributed by atoms with Gasteiger partial charge in [0.2, 0.25) is 0 Å². The first-order valence-corrected chi connectivity index (χ1v) is 9.83. The van der Waals surface area contributed by atoms with Crippen LogP contribution in [0.1, 0.15) is 30.9 Å². The standard InChI is InChI=1S/C22H25N5O/c28-22(26-19-13-17-7-2-3-9-20(17)24-15-19)25-16-21(18-8-6-10-23-14-18)27-11-4-1-5-12-27/h2-3,6-10,13-15,21H,1,4-5,11-12,16H2,(H2,25,26,28)/t21-/m1/s1. The predicted octanol–water partition coefficient (Wildman–Crippen LogP) is 3.98. The van der Waals surface area contributed by atoms with Gasteiger partial charge in [0.25, 0.3) is 0 Å². The Morgan fingerprint density at radius 1 is 1.07 bits per heavy atom. The fourth-order valence-electron chi connectivity index (χ4n) is 3.76. The lowest BCUT2D eigenvalue weighted by Crippen LogP contribution is -2.41. The number of piperidine rings is 1. The van der Waals surface area contributed by atoms with Crippen molar-refractivity contribution in [3.63, 3.8) is 0 Å². The molecule has 6 heteroatoms. The van der Waals surface area contributed by atoms with Gasteiger partial charge < -0.3 is 10.6 Å². The summed E-state index contributed by atoms with van der Waals surface area (Å²) >= 11 is 0. The molecular weight excluding hydrogens is 350 g/mol. The molecule has 6 nitrogen and oxygen atoms in total. The third-order valence-electron chi connectivity index (χ3n) is 5.20. The molecule has 2 N–H and O–H groups in total. The van der Waals surface area contributed by atoms with E-state index in [1.165, 1.54) is 19.3 Å². The molecule has 3 heterocycles. The first kappa shape index (κ1) is 18.4. The van der Waals surface area contributed by atoms with Gasteiger partial charge in [-0.3, -0.25) is 14.9 Å². The van der Waals surface area contributed by atoms with Crippen molar-refractivity contribution in [2.75, 3.05) is 25.0 Å². The Morgan fingerprint density at radius 2 is 1.93 bits per heavy atom. The normalized spacial score (nSPS) is 15.9. The molecule has 28 heavy (non-hydrogen) atoms. The number of rotatable bonds is 5. The molecule has 2 aromatic heterocycles. The Balaban J connectivity index is 1.41. The third kappa shape index (κ3) is 4.46. The average molecular weight is 375 g/mol. The molecule has 0 bridgehead atoms. The Kier molecular flexibility index (Phi) is 5.77. The summed E-state index contributed by atoms with van der Waals surface area (Å²) in [5.74, 6) is 0. The molecule has 0 unspecified atom stereocenters. The van der Waals surface area contributed by atoms with Gasteiger partial charge in [-0.05, 0) is 49.7 Å². The van der Waals surface area contributed by atoms with Gasteiger partial charge in [0.1, 0.15) is 0 Å². The number of nitrogens with zero attached hydrogens (tertiary/aromatic N) is 3. The zero-order chi connectivity index (χ0) is 19.2. The van der Waals surface area contributed by atoms with Crippen molar-refractivity contribution < 1.29 is 4.79 Å². The van der Waals surface area contributed by atoms with Crippen molar-refractivity contribution in [1.82, 2.24) is 20.2 Å². The largest absolute Gasteiger partial charge is 0.336 e. The molecule has 0 spiro atoms. The molecule has 1 aliphatic rings. The number of anilines is 1. The number of urea groups is 1. The Morgan fingerprint density at radius 3 is 2.75 bits per heavy atom. The van der Waals surface area contributed by atoms with Crippen molar-refractivity contribution in [2.24, 2.45) is 0 Å². The summed E-state index contributed by atoms with van der Waals surface area (Å²) in [6.07, 6.45) is 9.04. The van der Waals surface area contributed by atoms with E-state index in [0.717, 1.165) is 29.6 Å². The molecule has 0 saturated carbocycles. The first-order valence-electron chi connectivity index (χ1n) is 9.83. The maximum atomic E-state index is 12.5. The fourth-order valence-corrected chi connectivity index (χ4v) is 3.76. The molecule has 0 aliphatic carbocycles. The molecule has 144 valence electrons. The summed E-state index contributed by atoms with van der Waals surface area (Å²) in [5.41, 5.74) is 2.74. The SMILES string of the molecule is O=C(NC[C@H](c1cccnc1)N1CCCCC1)Nc1cnc2ccccc2c1. The molecule has 3 aromatic rings. The molecule has 2 amide bonds. The number of carbonyl (C=O) groups excluding carboxylic acids is 1. The Bertz CT molecular complexity index is 924. The fraction of sp³-hybridized carbons (Fsp3) is 0.318. The van der Waals surface area contributed by atoms with E-state index in [1.807, 2.05) is 42.6 Å². The summed E-state index contributed by atoms with van der Waals surface area (Å²) in [5, 5.41) is 6.93. The molecule has 4 rings (SSSR count). The van der Waals surface area contributed by atoms with Crippen LogP contribution in [0.2, 0.25) is 0 Å². The summed E-state index contributed by atoms with van der Waals surface area (Å²) in [4.78, 5) is 23.6. The van der Waals surface area contributed by atoms with Gasteiger partial charge in [0, 0.05) is 24.3 Å². The lowest BCUT2D eigenvalue weighted by molar-refractivity contribution is 0.161. The van der Waals surface area contributed by atoms with Crippen LogP contribution in [-0.2, 0) is 0 Å². The highest BCUT2D eigenvalue weighted by atomic mass is 16.2. The molecule has 1 atom stereocenters. The van der Waals surface area contributed by atoms with Crippen molar-refractivity contribution in [3.05, 3.63) is 66.6 Å². The number of para-hydroxylation sites is 1. The summed E-state index contributed by atoms with van der Waals surface area (Å²) < 4.78 is 0.